The van der Waals surface area contributed by atoms with Gasteiger partial charge < -0.3 is 14.4 Å². The molecule has 0 saturated carbocycles. The minimum Gasteiger partial charge on any atom is -0.342 e. The Kier molecular flexibility index (Phi) is 5.35. The number of rotatable bonds is 5. The van der Waals surface area contributed by atoms with Gasteiger partial charge in [-0.05, 0) is 38.6 Å². The predicted molar refractivity (Wildman–Crippen MR) is 106 cm³/mol. The monoisotopic (exact) mass is 410 g/mol. The van der Waals surface area contributed by atoms with Gasteiger partial charge in [0.2, 0.25) is 15.9 Å². The maximum Gasteiger partial charge on any atom is 0.270 e. The fourth-order valence-corrected chi connectivity index (χ4v) is 5.84. The number of nitrogens with zero attached hydrogens (tertiary/aromatic N) is 4. The van der Waals surface area contributed by atoms with Gasteiger partial charge in [0.1, 0.15) is 5.69 Å². The normalized spacial score (nSPS) is 25.3. The lowest BCUT2D eigenvalue weighted by Crippen LogP contribution is -2.44. The minimum atomic E-state index is -3.67. The van der Waals surface area contributed by atoms with Gasteiger partial charge in [0, 0.05) is 25.8 Å². The van der Waals surface area contributed by atoms with E-state index in [4.69, 9.17) is 0 Å². The van der Waals surface area contributed by atoms with E-state index in [1.807, 2.05) is 56.6 Å². The number of amides is 2. The summed E-state index contributed by atoms with van der Waals surface area (Å²) < 4.78 is 27.4. The van der Waals surface area contributed by atoms with Crippen LogP contribution >= 0.6 is 0 Å². The molecule has 9 heteroatoms. The van der Waals surface area contributed by atoms with Crippen molar-refractivity contribution >= 4 is 21.8 Å². The molecule has 0 aliphatic carbocycles. The number of carbonyl (C=O) groups is 2. The van der Waals surface area contributed by atoms with Crippen LogP contribution in [0.1, 0.15) is 36.5 Å². The summed E-state index contributed by atoms with van der Waals surface area (Å²) in [6.45, 7) is 4.98. The quantitative estimate of drug-likeness (QED) is 0.715. The Labute approximate surface area is 167 Å². The van der Waals surface area contributed by atoms with Gasteiger partial charge in [-0.25, -0.2) is 12.7 Å². The molecule has 1 aromatic heterocycles. The first-order valence-electron chi connectivity index (χ1n) is 9.58. The van der Waals surface area contributed by atoms with Gasteiger partial charge in [-0.2, -0.15) is 0 Å². The Hall–Kier alpha value is -1.87. The van der Waals surface area contributed by atoms with Crippen LogP contribution in [-0.2, 0) is 28.4 Å². The van der Waals surface area contributed by atoms with Gasteiger partial charge in [0.15, 0.2) is 0 Å². The summed E-state index contributed by atoms with van der Waals surface area (Å²) in [4.78, 5) is 30.0. The van der Waals surface area contributed by atoms with E-state index in [-0.39, 0.29) is 17.7 Å². The third kappa shape index (κ3) is 3.34. The molecule has 3 heterocycles. The average molecular weight is 411 g/mol. The smallest absolute Gasteiger partial charge is 0.270 e. The van der Waals surface area contributed by atoms with Gasteiger partial charge in [0.25, 0.3) is 5.91 Å². The molecule has 0 N–H and O–H groups in total. The lowest BCUT2D eigenvalue weighted by Gasteiger charge is -2.29. The lowest BCUT2D eigenvalue weighted by atomic mass is 9.88. The second kappa shape index (κ2) is 7.18. The zero-order chi connectivity index (χ0) is 21.0. The molecule has 0 bridgehead atoms. The molecule has 2 aliphatic rings. The first-order chi connectivity index (χ1) is 12.9. The fraction of sp³-hybridized carbons (Fsp3) is 0.684. The molecule has 0 radical (unpaired) electrons. The number of hydrogen-bond acceptors (Lipinski definition) is 5. The number of fused-ring (bicyclic) bond motifs is 1. The summed E-state index contributed by atoms with van der Waals surface area (Å²) in [6.07, 6.45) is 1.55. The molecular formula is C19H30N4O4S. The summed E-state index contributed by atoms with van der Waals surface area (Å²) >= 11 is 0. The molecule has 3 rings (SSSR count). The van der Waals surface area contributed by atoms with Crippen molar-refractivity contribution in [1.82, 2.24) is 18.7 Å². The van der Waals surface area contributed by atoms with E-state index < -0.39 is 28.0 Å². The van der Waals surface area contributed by atoms with Crippen molar-refractivity contribution in [3.05, 3.63) is 23.5 Å². The molecule has 0 aromatic carbocycles. The molecule has 8 nitrogen and oxygen atoms in total. The Morgan fingerprint density at radius 3 is 2.46 bits per heavy atom. The number of sulfonamides is 1. The van der Waals surface area contributed by atoms with Crippen LogP contribution in [0.5, 0.6) is 0 Å². The Morgan fingerprint density at radius 2 is 1.93 bits per heavy atom. The van der Waals surface area contributed by atoms with Crippen LogP contribution in [0.3, 0.4) is 0 Å². The van der Waals surface area contributed by atoms with Crippen LogP contribution in [0.2, 0.25) is 0 Å². The Morgan fingerprint density at radius 1 is 1.29 bits per heavy atom. The predicted octanol–water partition coefficient (Wildman–Crippen LogP) is 0.744. The van der Waals surface area contributed by atoms with E-state index in [0.29, 0.717) is 25.2 Å². The summed E-state index contributed by atoms with van der Waals surface area (Å²) in [5, 5.41) is 0. The molecule has 2 amide bonds. The second-order valence-corrected chi connectivity index (χ2v) is 10.4. The third-order valence-electron chi connectivity index (χ3n) is 5.85. The van der Waals surface area contributed by atoms with E-state index in [1.54, 1.807) is 4.90 Å². The zero-order valence-electron chi connectivity index (χ0n) is 17.4. The summed E-state index contributed by atoms with van der Waals surface area (Å²) in [7, 11) is 2.13. The third-order valence-corrected chi connectivity index (χ3v) is 7.02. The maximum absolute atomic E-state index is 13.4. The topological polar surface area (TPSA) is 82.9 Å². The van der Waals surface area contributed by atoms with Crippen molar-refractivity contribution in [3.8, 4) is 0 Å². The van der Waals surface area contributed by atoms with Crippen LogP contribution in [0.25, 0.3) is 0 Å². The number of hydrogen-bond donors (Lipinski definition) is 0. The van der Waals surface area contributed by atoms with Crippen LogP contribution in [0.15, 0.2) is 12.1 Å². The van der Waals surface area contributed by atoms with Crippen LogP contribution in [-0.4, -0.2) is 77.9 Å². The molecule has 2 aliphatic heterocycles. The van der Waals surface area contributed by atoms with Crippen LogP contribution < -0.4 is 0 Å². The van der Waals surface area contributed by atoms with Crippen molar-refractivity contribution in [2.24, 2.45) is 18.9 Å². The highest BCUT2D eigenvalue weighted by Crippen LogP contribution is 2.41. The van der Waals surface area contributed by atoms with Crippen molar-refractivity contribution in [2.75, 3.05) is 26.9 Å². The summed E-state index contributed by atoms with van der Waals surface area (Å²) in [5.74, 6) is -1.09. The van der Waals surface area contributed by atoms with Gasteiger partial charge in [-0.3, -0.25) is 9.59 Å². The minimum absolute atomic E-state index is 0.0575. The first kappa shape index (κ1) is 20.9. The number of aromatic nitrogens is 1. The fourth-order valence-electron chi connectivity index (χ4n) is 4.67. The Balaban J connectivity index is 1.95. The molecule has 2 saturated heterocycles. The SMILES string of the molecule is CC(C)[C@@H]1C(=O)N(S(C)(=O)=O)[C@@H]2CCN(C(=O)c3ccc(CN(C)C)n3C)[C@H]21. The molecular weight excluding hydrogens is 380 g/mol. The maximum atomic E-state index is 13.4. The molecule has 0 spiro atoms. The van der Waals surface area contributed by atoms with Crippen molar-refractivity contribution in [1.29, 1.82) is 0 Å². The highest BCUT2D eigenvalue weighted by molar-refractivity contribution is 7.88. The number of carbonyl (C=O) groups excluding carboxylic acids is 2. The van der Waals surface area contributed by atoms with E-state index in [0.717, 1.165) is 16.3 Å². The molecule has 0 unspecified atom stereocenters. The number of likely N-dealkylation sites (tertiary alicyclic amines) is 1. The Bertz CT molecular complexity index is 890. The van der Waals surface area contributed by atoms with Gasteiger partial charge in [-0.15, -0.1) is 0 Å². The standard InChI is InChI=1S/C19H30N4O4S/c1-12(2)16-17-14(23(19(16)25)28(6,26)27)9-10-22(17)18(24)15-8-7-13(21(15)5)11-20(3)4/h7-8,12,14,16-17H,9-11H2,1-6H3/t14-,16+,17-/m1/s1. The van der Waals surface area contributed by atoms with E-state index in [1.165, 1.54) is 0 Å². The van der Waals surface area contributed by atoms with E-state index in [9.17, 15) is 18.0 Å². The molecule has 156 valence electrons. The average Bonchev–Trinajstić information content (AvgIpc) is 3.18. The molecule has 1 aromatic rings. The summed E-state index contributed by atoms with van der Waals surface area (Å²) in [5.41, 5.74) is 1.58. The van der Waals surface area contributed by atoms with E-state index >= 15 is 0 Å². The zero-order valence-corrected chi connectivity index (χ0v) is 18.2. The lowest BCUT2D eigenvalue weighted by molar-refractivity contribution is -0.129. The van der Waals surface area contributed by atoms with Gasteiger partial charge >= 0.3 is 0 Å². The summed E-state index contributed by atoms with van der Waals surface area (Å²) in [6, 6.07) is 2.86. The van der Waals surface area contributed by atoms with Crippen molar-refractivity contribution in [2.45, 2.75) is 38.9 Å². The second-order valence-electron chi connectivity index (χ2n) is 8.52. The molecule has 3 atom stereocenters. The van der Waals surface area contributed by atoms with E-state index in [2.05, 4.69) is 0 Å². The van der Waals surface area contributed by atoms with Crippen molar-refractivity contribution in [3.63, 3.8) is 0 Å². The first-order valence-corrected chi connectivity index (χ1v) is 11.4. The molecule has 2 fully saturated rings. The largest absolute Gasteiger partial charge is 0.342 e. The molecule has 28 heavy (non-hydrogen) atoms. The highest BCUT2D eigenvalue weighted by atomic mass is 32.2. The van der Waals surface area contributed by atoms with Gasteiger partial charge in [-0.1, -0.05) is 13.8 Å². The van der Waals surface area contributed by atoms with Crippen LogP contribution in [0, 0.1) is 11.8 Å². The highest BCUT2D eigenvalue weighted by Gasteiger charge is 2.58. The van der Waals surface area contributed by atoms with Crippen LogP contribution in [0.4, 0.5) is 0 Å². The van der Waals surface area contributed by atoms with Crippen molar-refractivity contribution < 1.29 is 18.0 Å². The van der Waals surface area contributed by atoms with Gasteiger partial charge in [0.05, 0.1) is 24.3 Å².